The van der Waals surface area contributed by atoms with Gasteiger partial charge in [0.25, 0.3) is 0 Å². The van der Waals surface area contributed by atoms with E-state index < -0.39 is 0 Å². The van der Waals surface area contributed by atoms with Crippen LogP contribution >= 0.6 is 11.3 Å². The van der Waals surface area contributed by atoms with Crippen LogP contribution in [0.3, 0.4) is 0 Å². The van der Waals surface area contributed by atoms with Gasteiger partial charge in [-0.3, -0.25) is 19.8 Å². The Morgan fingerprint density at radius 3 is 2.65 bits per heavy atom. The maximum absolute atomic E-state index is 12.4. The first-order chi connectivity index (χ1) is 9.58. The van der Waals surface area contributed by atoms with Crippen molar-refractivity contribution in [1.82, 2.24) is 10.2 Å². The van der Waals surface area contributed by atoms with Crippen molar-refractivity contribution in [3.63, 3.8) is 0 Å². The van der Waals surface area contributed by atoms with Gasteiger partial charge in [0.2, 0.25) is 11.8 Å². The maximum atomic E-state index is 12.4. The molecule has 4 nitrogen and oxygen atoms in total. The number of amides is 2. The molecule has 2 unspecified atom stereocenters. The van der Waals surface area contributed by atoms with Gasteiger partial charge in [0.05, 0.1) is 12.5 Å². The first-order valence-corrected chi connectivity index (χ1v) is 8.11. The molecule has 2 heterocycles. The van der Waals surface area contributed by atoms with E-state index in [9.17, 15) is 9.59 Å². The summed E-state index contributed by atoms with van der Waals surface area (Å²) in [5.74, 6) is -0.105. The molecule has 0 aromatic carbocycles. The molecule has 2 atom stereocenters. The van der Waals surface area contributed by atoms with Crippen molar-refractivity contribution in [1.29, 1.82) is 0 Å². The van der Waals surface area contributed by atoms with Gasteiger partial charge in [-0.25, -0.2) is 0 Å². The largest absolute Gasteiger partial charge is 0.298 e. The molecule has 1 aromatic rings. The summed E-state index contributed by atoms with van der Waals surface area (Å²) < 4.78 is 0. The summed E-state index contributed by atoms with van der Waals surface area (Å²) in [4.78, 5) is 27.2. The van der Waals surface area contributed by atoms with E-state index in [1.807, 2.05) is 38.3 Å². The van der Waals surface area contributed by atoms with Crippen LogP contribution < -0.4 is 5.32 Å². The van der Waals surface area contributed by atoms with Gasteiger partial charge in [0.1, 0.15) is 0 Å². The number of likely N-dealkylation sites (tertiary alicyclic amines) is 1. The first kappa shape index (κ1) is 15.2. The number of carbonyl (C=O) groups is 2. The van der Waals surface area contributed by atoms with Gasteiger partial charge in [-0.15, -0.1) is 11.3 Å². The number of rotatable bonds is 6. The number of nitrogens with zero attached hydrogens (tertiary/aromatic N) is 1. The molecule has 1 saturated heterocycles. The van der Waals surface area contributed by atoms with Crippen LogP contribution in [0.15, 0.2) is 17.5 Å². The van der Waals surface area contributed by atoms with E-state index in [0.717, 1.165) is 12.8 Å². The Labute approximate surface area is 124 Å². The van der Waals surface area contributed by atoms with E-state index in [-0.39, 0.29) is 36.4 Å². The molecule has 1 N–H and O–H groups in total. The fourth-order valence-corrected chi connectivity index (χ4v) is 3.48. The minimum absolute atomic E-state index is 0.0406. The number of thiophene rings is 1. The molecular formula is C15H22N2O2S. The lowest BCUT2D eigenvalue weighted by molar-refractivity contribution is -0.141. The summed E-state index contributed by atoms with van der Waals surface area (Å²) >= 11 is 1.66. The Morgan fingerprint density at radius 1 is 1.40 bits per heavy atom. The van der Waals surface area contributed by atoms with Crippen LogP contribution in [0.5, 0.6) is 0 Å². The van der Waals surface area contributed by atoms with Crippen LogP contribution in [-0.2, 0) is 9.59 Å². The molecule has 2 amide bonds. The van der Waals surface area contributed by atoms with Crippen LogP contribution in [0.1, 0.15) is 51.0 Å². The van der Waals surface area contributed by atoms with Gasteiger partial charge in [0.15, 0.2) is 0 Å². The summed E-state index contributed by atoms with van der Waals surface area (Å²) in [6.45, 7) is 6.07. The predicted octanol–water partition coefficient (Wildman–Crippen LogP) is 2.71. The molecule has 20 heavy (non-hydrogen) atoms. The molecule has 110 valence electrons. The molecule has 0 aliphatic carbocycles. The minimum Gasteiger partial charge on any atom is -0.298 e. The maximum Gasteiger partial charge on any atom is 0.247 e. The Bertz CT molecular complexity index is 468. The highest BCUT2D eigenvalue weighted by atomic mass is 32.1. The highest BCUT2D eigenvalue weighted by Crippen LogP contribution is 2.24. The van der Waals surface area contributed by atoms with E-state index in [2.05, 4.69) is 5.32 Å². The summed E-state index contributed by atoms with van der Waals surface area (Å²) in [5.41, 5.74) is 0. The monoisotopic (exact) mass is 294 g/mol. The lowest BCUT2D eigenvalue weighted by Gasteiger charge is -2.25. The van der Waals surface area contributed by atoms with Gasteiger partial charge in [0, 0.05) is 17.0 Å². The third kappa shape index (κ3) is 2.94. The quantitative estimate of drug-likeness (QED) is 0.821. The Balaban J connectivity index is 2.04. The lowest BCUT2D eigenvalue weighted by Crippen LogP contribution is -2.44. The Kier molecular flexibility index (Phi) is 4.94. The highest BCUT2D eigenvalue weighted by molar-refractivity contribution is 7.10. The average Bonchev–Trinajstić information content (AvgIpc) is 3.04. The van der Waals surface area contributed by atoms with Gasteiger partial charge >= 0.3 is 0 Å². The normalized spacial score (nSPS) is 21.0. The third-order valence-electron chi connectivity index (χ3n) is 3.91. The van der Waals surface area contributed by atoms with Crippen molar-refractivity contribution in [2.75, 3.05) is 0 Å². The van der Waals surface area contributed by atoms with Crippen molar-refractivity contribution < 1.29 is 9.59 Å². The number of carbonyl (C=O) groups excluding carboxylic acids is 2. The van der Waals surface area contributed by atoms with E-state index in [0.29, 0.717) is 0 Å². The van der Waals surface area contributed by atoms with E-state index >= 15 is 0 Å². The van der Waals surface area contributed by atoms with Gasteiger partial charge in [-0.1, -0.05) is 19.9 Å². The molecule has 1 aliphatic heterocycles. The van der Waals surface area contributed by atoms with Crippen LogP contribution in [0.2, 0.25) is 0 Å². The number of hydrogen-bond donors (Lipinski definition) is 1. The minimum atomic E-state index is -0.375. The third-order valence-corrected chi connectivity index (χ3v) is 4.97. The zero-order chi connectivity index (χ0) is 14.7. The fraction of sp³-hybridized carbons (Fsp3) is 0.600. The van der Waals surface area contributed by atoms with E-state index in [1.54, 1.807) is 11.3 Å². The second-order valence-electron chi connectivity index (χ2n) is 5.23. The summed E-state index contributed by atoms with van der Waals surface area (Å²) in [6.07, 6.45) is 1.92. The summed E-state index contributed by atoms with van der Waals surface area (Å²) in [6, 6.07) is 3.80. The first-order valence-electron chi connectivity index (χ1n) is 7.23. The molecule has 1 aromatic heterocycles. The Hall–Kier alpha value is -1.20. The SMILES string of the molecule is CCC(CC)N1C(=O)CC(NC(C)c2cccs2)C1=O. The van der Waals surface area contributed by atoms with Crippen LogP contribution in [0, 0.1) is 0 Å². The van der Waals surface area contributed by atoms with Gasteiger partial charge in [-0.05, 0) is 31.2 Å². The van der Waals surface area contributed by atoms with Crippen molar-refractivity contribution in [2.45, 2.75) is 58.2 Å². The standard InChI is InChI=1S/C15H22N2O2S/c1-4-11(5-2)17-14(18)9-12(15(17)19)16-10(3)13-7-6-8-20-13/h6-8,10-12,16H,4-5,9H2,1-3H3. The van der Waals surface area contributed by atoms with E-state index in [4.69, 9.17) is 0 Å². The van der Waals surface area contributed by atoms with E-state index in [1.165, 1.54) is 9.78 Å². The summed E-state index contributed by atoms with van der Waals surface area (Å²) in [5, 5.41) is 5.31. The highest BCUT2D eigenvalue weighted by Gasteiger charge is 2.41. The van der Waals surface area contributed by atoms with Crippen molar-refractivity contribution in [3.8, 4) is 0 Å². The fourth-order valence-electron chi connectivity index (χ4n) is 2.74. The van der Waals surface area contributed by atoms with Crippen molar-refractivity contribution in [3.05, 3.63) is 22.4 Å². The van der Waals surface area contributed by atoms with Crippen LogP contribution in [0.25, 0.3) is 0 Å². The molecule has 5 heteroatoms. The second kappa shape index (κ2) is 6.50. The molecular weight excluding hydrogens is 272 g/mol. The molecule has 1 fully saturated rings. The molecule has 0 saturated carbocycles. The number of imide groups is 1. The zero-order valence-electron chi connectivity index (χ0n) is 12.3. The van der Waals surface area contributed by atoms with Crippen molar-refractivity contribution >= 4 is 23.2 Å². The summed E-state index contributed by atoms with van der Waals surface area (Å²) in [7, 11) is 0. The average molecular weight is 294 g/mol. The van der Waals surface area contributed by atoms with Gasteiger partial charge < -0.3 is 0 Å². The van der Waals surface area contributed by atoms with Crippen molar-refractivity contribution in [2.24, 2.45) is 0 Å². The number of hydrogen-bond acceptors (Lipinski definition) is 4. The topological polar surface area (TPSA) is 49.4 Å². The zero-order valence-corrected chi connectivity index (χ0v) is 13.1. The molecule has 1 aliphatic rings. The molecule has 0 spiro atoms. The predicted molar refractivity (Wildman–Crippen MR) is 80.5 cm³/mol. The molecule has 2 rings (SSSR count). The Morgan fingerprint density at radius 2 is 2.10 bits per heavy atom. The lowest BCUT2D eigenvalue weighted by atomic mass is 10.1. The van der Waals surface area contributed by atoms with Crippen LogP contribution in [0.4, 0.5) is 0 Å². The molecule has 0 bridgehead atoms. The molecule has 0 radical (unpaired) electrons. The van der Waals surface area contributed by atoms with Gasteiger partial charge in [-0.2, -0.15) is 0 Å². The van der Waals surface area contributed by atoms with Crippen LogP contribution in [-0.4, -0.2) is 28.8 Å². The number of nitrogens with one attached hydrogen (secondary N) is 1. The second-order valence-corrected chi connectivity index (χ2v) is 6.21. The smallest absolute Gasteiger partial charge is 0.247 e.